The van der Waals surface area contributed by atoms with Crippen molar-refractivity contribution in [2.45, 2.75) is 39.3 Å². The van der Waals surface area contributed by atoms with Crippen LogP contribution in [0.4, 0.5) is 0 Å². The van der Waals surface area contributed by atoms with Crippen molar-refractivity contribution in [1.29, 1.82) is 5.41 Å². The Morgan fingerprint density at radius 2 is 1.35 bits per heavy atom. The number of benzene rings is 3. The number of ether oxygens (including phenoxy) is 1. The van der Waals surface area contributed by atoms with E-state index in [1.807, 2.05) is 47.0 Å². The van der Waals surface area contributed by atoms with Gasteiger partial charge in [-0.1, -0.05) is 75.4 Å². The van der Waals surface area contributed by atoms with Gasteiger partial charge in [-0.15, -0.1) is 12.4 Å². The van der Waals surface area contributed by atoms with Gasteiger partial charge in [-0.3, -0.25) is 5.41 Å². The maximum Gasteiger partial charge on any atom is 0.203 e. The first-order valence-electron chi connectivity index (χ1n) is 10.4. The molecule has 4 nitrogen and oxygen atoms in total. The second kappa shape index (κ2) is 9.44. The van der Waals surface area contributed by atoms with Gasteiger partial charge in [0.25, 0.3) is 0 Å². The fraction of sp³-hybridized carbons (Fsp3) is 0.269. The highest BCUT2D eigenvalue weighted by atomic mass is 35.5. The molecule has 0 unspecified atom stereocenters. The lowest BCUT2D eigenvalue weighted by atomic mass is 9.87. The molecule has 0 aliphatic heterocycles. The molecule has 1 aromatic heterocycles. The molecule has 4 aromatic rings. The fourth-order valence-electron chi connectivity index (χ4n) is 3.75. The third kappa shape index (κ3) is 5.02. The molecule has 1 N–H and O–H groups in total. The van der Waals surface area contributed by atoms with Crippen LogP contribution >= 0.6 is 12.4 Å². The molecule has 0 bridgehead atoms. The number of fused-ring (bicyclic) bond motifs is 1. The summed E-state index contributed by atoms with van der Waals surface area (Å²) in [4.78, 5) is 0. The number of para-hydroxylation sites is 3. The van der Waals surface area contributed by atoms with E-state index in [1.54, 1.807) is 0 Å². The SMILES string of the molecule is CC(C)(C)c1ccc(Cn2c(=N)n(CCOc3ccccc3)c3ccccc32)cc1.Cl. The number of rotatable bonds is 6. The van der Waals surface area contributed by atoms with Gasteiger partial charge in [-0.25, -0.2) is 0 Å². The number of halogens is 1. The maximum atomic E-state index is 8.82. The molecule has 5 heteroatoms. The van der Waals surface area contributed by atoms with Gasteiger partial charge in [0, 0.05) is 0 Å². The lowest BCUT2D eigenvalue weighted by Crippen LogP contribution is -2.27. The summed E-state index contributed by atoms with van der Waals surface area (Å²) in [6, 6.07) is 26.8. The third-order valence-electron chi connectivity index (χ3n) is 5.46. The van der Waals surface area contributed by atoms with E-state index in [0.717, 1.165) is 16.8 Å². The summed E-state index contributed by atoms with van der Waals surface area (Å²) >= 11 is 0. The van der Waals surface area contributed by atoms with Gasteiger partial charge in [0.05, 0.1) is 24.1 Å². The largest absolute Gasteiger partial charge is 0.492 e. The molecular weight excluding hydrogens is 406 g/mol. The molecule has 0 atom stereocenters. The number of aromatic nitrogens is 2. The van der Waals surface area contributed by atoms with Crippen LogP contribution in [0.2, 0.25) is 0 Å². The van der Waals surface area contributed by atoms with Gasteiger partial charge in [0.15, 0.2) is 0 Å². The number of nitrogens with zero attached hydrogens (tertiary/aromatic N) is 2. The average molecular weight is 436 g/mol. The van der Waals surface area contributed by atoms with E-state index in [-0.39, 0.29) is 17.8 Å². The Kier molecular flexibility index (Phi) is 6.91. The molecule has 0 fully saturated rings. The first-order chi connectivity index (χ1) is 14.4. The summed E-state index contributed by atoms with van der Waals surface area (Å²) in [6.45, 7) is 8.51. The average Bonchev–Trinajstić information content (AvgIpc) is 3.00. The van der Waals surface area contributed by atoms with E-state index in [2.05, 4.69) is 61.7 Å². The van der Waals surface area contributed by atoms with Gasteiger partial charge >= 0.3 is 0 Å². The molecule has 31 heavy (non-hydrogen) atoms. The Bertz CT molecular complexity index is 1190. The predicted molar refractivity (Wildman–Crippen MR) is 129 cm³/mol. The van der Waals surface area contributed by atoms with Crippen LogP contribution in [-0.2, 0) is 18.5 Å². The number of nitrogens with one attached hydrogen (secondary N) is 1. The summed E-state index contributed by atoms with van der Waals surface area (Å²) in [5, 5.41) is 8.82. The molecule has 0 radical (unpaired) electrons. The molecule has 0 aliphatic carbocycles. The number of hydrogen-bond donors (Lipinski definition) is 1. The Balaban J connectivity index is 0.00000272. The molecule has 162 valence electrons. The van der Waals surface area contributed by atoms with Crippen LogP contribution in [-0.4, -0.2) is 15.7 Å². The van der Waals surface area contributed by atoms with E-state index in [4.69, 9.17) is 10.1 Å². The highest BCUT2D eigenvalue weighted by Gasteiger charge is 2.14. The lowest BCUT2D eigenvalue weighted by Gasteiger charge is -2.19. The number of hydrogen-bond acceptors (Lipinski definition) is 2. The molecule has 0 saturated carbocycles. The normalized spacial score (nSPS) is 11.3. The van der Waals surface area contributed by atoms with Crippen LogP contribution in [0.5, 0.6) is 5.75 Å². The summed E-state index contributed by atoms with van der Waals surface area (Å²) in [7, 11) is 0. The summed E-state index contributed by atoms with van der Waals surface area (Å²) in [5.74, 6) is 0.854. The minimum atomic E-state index is 0. The zero-order valence-electron chi connectivity index (χ0n) is 18.3. The molecule has 3 aromatic carbocycles. The van der Waals surface area contributed by atoms with Gasteiger partial charge in [-0.05, 0) is 40.8 Å². The summed E-state index contributed by atoms with van der Waals surface area (Å²) in [5.41, 5.74) is 5.29. The highest BCUT2D eigenvalue weighted by molar-refractivity contribution is 5.85. The van der Waals surface area contributed by atoms with Crippen LogP contribution in [0.25, 0.3) is 11.0 Å². The Labute approximate surface area is 190 Å². The predicted octanol–water partition coefficient (Wildman–Crippen LogP) is 5.77. The second-order valence-corrected chi connectivity index (χ2v) is 8.66. The monoisotopic (exact) mass is 435 g/mol. The Hall–Kier alpha value is -2.98. The van der Waals surface area contributed by atoms with E-state index in [1.165, 1.54) is 11.1 Å². The third-order valence-corrected chi connectivity index (χ3v) is 5.46. The Morgan fingerprint density at radius 3 is 1.97 bits per heavy atom. The molecule has 0 saturated heterocycles. The minimum absolute atomic E-state index is 0. The molecule has 0 amide bonds. The molecule has 1 heterocycles. The standard InChI is InChI=1S/C26H29N3O.ClH/c1-26(2,3)21-15-13-20(14-16-21)19-29-24-12-8-7-11-23(24)28(25(29)27)17-18-30-22-9-5-4-6-10-22;/h4-16,27H,17-19H2,1-3H3;1H. The second-order valence-electron chi connectivity index (χ2n) is 8.66. The van der Waals surface area contributed by atoms with Crippen molar-refractivity contribution < 1.29 is 4.74 Å². The smallest absolute Gasteiger partial charge is 0.203 e. The van der Waals surface area contributed by atoms with Crippen molar-refractivity contribution in [1.82, 2.24) is 9.13 Å². The van der Waals surface area contributed by atoms with E-state index >= 15 is 0 Å². The minimum Gasteiger partial charge on any atom is -0.492 e. The summed E-state index contributed by atoms with van der Waals surface area (Å²) < 4.78 is 9.98. The van der Waals surface area contributed by atoms with E-state index < -0.39 is 0 Å². The van der Waals surface area contributed by atoms with Crippen molar-refractivity contribution in [2.24, 2.45) is 0 Å². The fourth-order valence-corrected chi connectivity index (χ4v) is 3.75. The van der Waals surface area contributed by atoms with E-state index in [0.29, 0.717) is 25.3 Å². The Morgan fingerprint density at radius 1 is 0.774 bits per heavy atom. The van der Waals surface area contributed by atoms with Gasteiger partial charge < -0.3 is 13.9 Å². The lowest BCUT2D eigenvalue weighted by molar-refractivity contribution is 0.296. The van der Waals surface area contributed by atoms with Gasteiger partial charge in [0.2, 0.25) is 5.62 Å². The highest BCUT2D eigenvalue weighted by Crippen LogP contribution is 2.23. The zero-order chi connectivity index (χ0) is 21.1. The van der Waals surface area contributed by atoms with Crippen LogP contribution < -0.4 is 10.4 Å². The van der Waals surface area contributed by atoms with Crippen molar-refractivity contribution >= 4 is 23.4 Å². The van der Waals surface area contributed by atoms with Crippen LogP contribution in [0.3, 0.4) is 0 Å². The topological polar surface area (TPSA) is 42.9 Å². The van der Waals surface area contributed by atoms with Gasteiger partial charge in [-0.2, -0.15) is 0 Å². The quantitative estimate of drug-likeness (QED) is 0.410. The van der Waals surface area contributed by atoms with Crippen molar-refractivity contribution in [3.63, 3.8) is 0 Å². The van der Waals surface area contributed by atoms with Crippen molar-refractivity contribution in [3.05, 3.63) is 95.6 Å². The van der Waals surface area contributed by atoms with Crippen LogP contribution in [0.1, 0.15) is 31.9 Å². The zero-order valence-corrected chi connectivity index (χ0v) is 19.2. The van der Waals surface area contributed by atoms with Crippen LogP contribution in [0.15, 0.2) is 78.9 Å². The number of imidazole rings is 1. The molecule has 4 rings (SSSR count). The molecule has 0 spiro atoms. The van der Waals surface area contributed by atoms with Crippen molar-refractivity contribution in [3.8, 4) is 5.75 Å². The maximum absolute atomic E-state index is 8.82. The summed E-state index contributed by atoms with van der Waals surface area (Å²) in [6.07, 6.45) is 0. The first kappa shape index (κ1) is 22.7. The first-order valence-corrected chi connectivity index (χ1v) is 10.4. The van der Waals surface area contributed by atoms with Gasteiger partial charge in [0.1, 0.15) is 12.4 Å². The molecule has 0 aliphatic rings. The van der Waals surface area contributed by atoms with Crippen molar-refractivity contribution in [2.75, 3.05) is 6.61 Å². The molecular formula is C26H30ClN3O. The van der Waals surface area contributed by atoms with Crippen LogP contribution in [0, 0.1) is 5.41 Å². The van der Waals surface area contributed by atoms with E-state index in [9.17, 15) is 0 Å².